The number of aliphatic hydroxyl groups excluding tert-OH is 1. The third kappa shape index (κ3) is 2.73. The number of imidazole rings is 1. The molecule has 0 saturated carbocycles. The Kier molecular flexibility index (Phi) is 3.54. The third-order valence-electron chi connectivity index (χ3n) is 3.16. The average Bonchev–Trinajstić information content (AvgIpc) is 2.70. The summed E-state index contributed by atoms with van der Waals surface area (Å²) in [4.78, 5) is 18.1. The number of aliphatic hydroxyl groups is 1. The highest BCUT2D eigenvalue weighted by atomic mass is 16.6. The van der Waals surface area contributed by atoms with Crippen LogP contribution < -0.4 is 0 Å². The van der Waals surface area contributed by atoms with E-state index in [1.54, 1.807) is 11.1 Å². The molecule has 106 valence electrons. The third-order valence-corrected chi connectivity index (χ3v) is 3.16. The zero-order chi connectivity index (χ0) is 14.2. The summed E-state index contributed by atoms with van der Waals surface area (Å²) >= 11 is 0. The number of carbonyl (C=O) groups is 1. The van der Waals surface area contributed by atoms with Crippen molar-refractivity contribution in [1.82, 2.24) is 14.5 Å². The van der Waals surface area contributed by atoms with Crippen LogP contribution in [0.3, 0.4) is 0 Å². The van der Waals surface area contributed by atoms with Gasteiger partial charge in [-0.1, -0.05) is 0 Å². The molecule has 0 spiro atoms. The second-order valence-electron chi connectivity index (χ2n) is 5.77. The Balaban J connectivity index is 2.17. The zero-order valence-corrected chi connectivity index (χ0v) is 11.9. The van der Waals surface area contributed by atoms with Crippen molar-refractivity contribution in [3.63, 3.8) is 0 Å². The fourth-order valence-electron chi connectivity index (χ4n) is 2.26. The molecule has 1 N–H and O–H groups in total. The van der Waals surface area contributed by atoms with E-state index in [1.807, 2.05) is 32.3 Å². The molecule has 0 fully saturated rings. The van der Waals surface area contributed by atoms with Crippen LogP contribution in [-0.2, 0) is 17.9 Å². The van der Waals surface area contributed by atoms with Gasteiger partial charge in [-0.15, -0.1) is 0 Å². The fraction of sp³-hybridized carbons (Fsp3) is 0.692. The molecule has 2 heterocycles. The van der Waals surface area contributed by atoms with Gasteiger partial charge in [0.15, 0.2) is 0 Å². The lowest BCUT2D eigenvalue weighted by atomic mass is 10.2. The molecule has 1 aromatic rings. The molecule has 6 heteroatoms. The van der Waals surface area contributed by atoms with Crippen LogP contribution in [-0.4, -0.2) is 37.8 Å². The molecule has 6 nitrogen and oxygen atoms in total. The Hall–Kier alpha value is -1.56. The van der Waals surface area contributed by atoms with Crippen molar-refractivity contribution in [3.05, 3.63) is 17.7 Å². The van der Waals surface area contributed by atoms with E-state index in [-0.39, 0.29) is 18.7 Å². The van der Waals surface area contributed by atoms with Gasteiger partial charge >= 0.3 is 6.09 Å². The van der Waals surface area contributed by atoms with Crippen molar-refractivity contribution in [1.29, 1.82) is 0 Å². The first-order valence-corrected chi connectivity index (χ1v) is 6.48. The number of ether oxygens (including phenoxy) is 1. The first-order chi connectivity index (χ1) is 8.83. The Morgan fingerprint density at radius 3 is 2.79 bits per heavy atom. The van der Waals surface area contributed by atoms with Crippen molar-refractivity contribution in [2.24, 2.45) is 0 Å². The monoisotopic (exact) mass is 267 g/mol. The smallest absolute Gasteiger partial charge is 0.410 e. The van der Waals surface area contributed by atoms with Crippen LogP contribution in [0.4, 0.5) is 4.79 Å². The van der Waals surface area contributed by atoms with Crippen molar-refractivity contribution in [3.8, 4) is 0 Å². The molecule has 0 radical (unpaired) electrons. The maximum atomic E-state index is 12.1. The van der Waals surface area contributed by atoms with Gasteiger partial charge in [-0.3, -0.25) is 4.90 Å². The van der Waals surface area contributed by atoms with E-state index in [0.717, 1.165) is 11.5 Å². The highest BCUT2D eigenvalue weighted by molar-refractivity contribution is 5.68. The number of hydrogen-bond donors (Lipinski definition) is 1. The molecular formula is C13H21N3O3. The maximum absolute atomic E-state index is 12.1. The standard InChI is InChI=1S/C13H21N3O3/c1-9-11-14-7-10(8-17)16(11)6-5-15(9)12(18)19-13(2,3)4/h7,9,17H,5-6,8H2,1-4H3/t9-/m1/s1. The number of rotatable bonds is 1. The molecule has 1 amide bonds. The number of amides is 1. The minimum atomic E-state index is -0.500. The molecule has 0 aliphatic carbocycles. The summed E-state index contributed by atoms with van der Waals surface area (Å²) in [5.74, 6) is 0.793. The van der Waals surface area contributed by atoms with Gasteiger partial charge < -0.3 is 14.4 Å². The number of carbonyl (C=O) groups excluding carboxylic acids is 1. The predicted molar refractivity (Wildman–Crippen MR) is 69.5 cm³/mol. The Bertz CT molecular complexity index is 476. The Morgan fingerprint density at radius 2 is 2.21 bits per heavy atom. The van der Waals surface area contributed by atoms with Crippen LogP contribution in [0.1, 0.15) is 45.3 Å². The number of aromatic nitrogens is 2. The van der Waals surface area contributed by atoms with E-state index in [9.17, 15) is 9.90 Å². The lowest BCUT2D eigenvalue weighted by molar-refractivity contribution is 0.0118. The molecule has 19 heavy (non-hydrogen) atoms. The number of hydrogen-bond acceptors (Lipinski definition) is 4. The zero-order valence-electron chi connectivity index (χ0n) is 11.9. The first kappa shape index (κ1) is 13.9. The molecule has 1 aromatic heterocycles. The van der Waals surface area contributed by atoms with Crippen LogP contribution in [0, 0.1) is 0 Å². The maximum Gasteiger partial charge on any atom is 0.410 e. The van der Waals surface area contributed by atoms with E-state index in [1.165, 1.54) is 0 Å². The minimum Gasteiger partial charge on any atom is -0.444 e. The normalized spacial score (nSPS) is 19.2. The second kappa shape index (κ2) is 4.85. The van der Waals surface area contributed by atoms with Crippen LogP contribution in [0.5, 0.6) is 0 Å². The summed E-state index contributed by atoms with van der Waals surface area (Å²) in [5.41, 5.74) is 0.283. The van der Waals surface area contributed by atoms with Gasteiger partial charge in [-0.25, -0.2) is 9.78 Å². The SMILES string of the molecule is C[C@@H]1c2ncc(CO)n2CCN1C(=O)OC(C)(C)C. The summed E-state index contributed by atoms with van der Waals surface area (Å²) in [6.45, 7) is 8.63. The summed E-state index contributed by atoms with van der Waals surface area (Å²) in [7, 11) is 0. The minimum absolute atomic E-state index is 0.0356. The number of nitrogens with zero attached hydrogens (tertiary/aromatic N) is 3. The van der Waals surface area contributed by atoms with Crippen molar-refractivity contribution >= 4 is 6.09 Å². The second-order valence-corrected chi connectivity index (χ2v) is 5.77. The van der Waals surface area contributed by atoms with Crippen LogP contribution in [0.2, 0.25) is 0 Å². The van der Waals surface area contributed by atoms with Gasteiger partial charge in [0.05, 0.1) is 24.5 Å². The number of fused-ring (bicyclic) bond motifs is 1. The van der Waals surface area contributed by atoms with E-state index in [2.05, 4.69) is 4.98 Å². The van der Waals surface area contributed by atoms with Crippen molar-refractivity contribution in [2.45, 2.75) is 52.5 Å². The summed E-state index contributed by atoms with van der Waals surface area (Å²) in [6.07, 6.45) is 1.34. The van der Waals surface area contributed by atoms with E-state index in [0.29, 0.717) is 13.1 Å². The lowest BCUT2D eigenvalue weighted by Crippen LogP contribution is -2.44. The topological polar surface area (TPSA) is 67.6 Å². The van der Waals surface area contributed by atoms with E-state index >= 15 is 0 Å². The van der Waals surface area contributed by atoms with Crippen molar-refractivity contribution < 1.29 is 14.6 Å². The average molecular weight is 267 g/mol. The van der Waals surface area contributed by atoms with Gasteiger partial charge in [-0.05, 0) is 27.7 Å². The highest BCUT2D eigenvalue weighted by Gasteiger charge is 2.32. The van der Waals surface area contributed by atoms with E-state index < -0.39 is 5.60 Å². The molecule has 0 saturated heterocycles. The summed E-state index contributed by atoms with van der Waals surface area (Å²) in [6, 6.07) is -0.149. The molecule has 0 bridgehead atoms. The molecular weight excluding hydrogens is 246 g/mol. The summed E-state index contributed by atoms with van der Waals surface area (Å²) < 4.78 is 7.36. The molecule has 1 atom stereocenters. The van der Waals surface area contributed by atoms with Crippen LogP contribution in [0.25, 0.3) is 0 Å². The summed E-state index contributed by atoms with van der Waals surface area (Å²) in [5, 5.41) is 9.23. The van der Waals surface area contributed by atoms with Gasteiger partial charge in [0.25, 0.3) is 0 Å². The van der Waals surface area contributed by atoms with Crippen molar-refractivity contribution in [2.75, 3.05) is 6.54 Å². The van der Waals surface area contributed by atoms with E-state index in [4.69, 9.17) is 4.74 Å². The molecule has 0 aromatic carbocycles. The first-order valence-electron chi connectivity index (χ1n) is 6.48. The van der Waals surface area contributed by atoms with Gasteiger partial charge in [0.2, 0.25) is 0 Å². The highest BCUT2D eigenvalue weighted by Crippen LogP contribution is 2.26. The van der Waals surface area contributed by atoms with Gasteiger partial charge in [0, 0.05) is 13.1 Å². The largest absolute Gasteiger partial charge is 0.444 e. The molecule has 1 aliphatic heterocycles. The quantitative estimate of drug-likeness (QED) is 0.840. The predicted octanol–water partition coefficient (Wildman–Crippen LogP) is 1.69. The van der Waals surface area contributed by atoms with Crippen LogP contribution in [0.15, 0.2) is 6.20 Å². The van der Waals surface area contributed by atoms with Gasteiger partial charge in [-0.2, -0.15) is 0 Å². The molecule has 1 aliphatic rings. The fourth-order valence-corrected chi connectivity index (χ4v) is 2.26. The molecule has 0 unspecified atom stereocenters. The Morgan fingerprint density at radius 1 is 1.53 bits per heavy atom. The van der Waals surface area contributed by atoms with Gasteiger partial charge in [0.1, 0.15) is 11.4 Å². The molecule has 2 rings (SSSR count). The van der Waals surface area contributed by atoms with Crippen LogP contribution >= 0.6 is 0 Å². The lowest BCUT2D eigenvalue weighted by Gasteiger charge is -2.35. The Labute approximate surface area is 113 Å².